The first kappa shape index (κ1) is 14.0. The van der Waals surface area contributed by atoms with Crippen molar-refractivity contribution in [1.82, 2.24) is 4.98 Å². The van der Waals surface area contributed by atoms with Crippen molar-refractivity contribution in [2.75, 3.05) is 25.1 Å². The Kier molecular flexibility index (Phi) is 3.86. The molecule has 112 valence electrons. The first-order chi connectivity index (χ1) is 10.2. The molecule has 0 amide bonds. The van der Waals surface area contributed by atoms with Gasteiger partial charge in [-0.15, -0.1) is 0 Å². The molecule has 1 N–H and O–H groups in total. The van der Waals surface area contributed by atoms with Gasteiger partial charge < -0.3 is 14.8 Å². The van der Waals surface area contributed by atoms with E-state index in [1.165, 1.54) is 0 Å². The van der Waals surface area contributed by atoms with E-state index in [0.29, 0.717) is 19.1 Å². The van der Waals surface area contributed by atoms with E-state index in [-0.39, 0.29) is 0 Å². The third kappa shape index (κ3) is 2.75. The molecule has 0 fully saturated rings. The monoisotopic (exact) mass is 286 g/mol. The summed E-state index contributed by atoms with van der Waals surface area (Å²) in [4.78, 5) is 4.78. The van der Waals surface area contributed by atoms with E-state index >= 15 is 0 Å². The van der Waals surface area contributed by atoms with Crippen LogP contribution in [0, 0.1) is 0 Å². The molecule has 1 aromatic heterocycles. The van der Waals surface area contributed by atoms with Gasteiger partial charge in [-0.25, -0.2) is 0 Å². The Balaban J connectivity index is 2.15. The van der Waals surface area contributed by atoms with Gasteiger partial charge in [0.05, 0.1) is 5.52 Å². The summed E-state index contributed by atoms with van der Waals surface area (Å²) >= 11 is 0. The topological polar surface area (TPSA) is 43.4 Å². The lowest BCUT2D eigenvalue weighted by Crippen LogP contribution is -2.15. The van der Waals surface area contributed by atoms with Crippen LogP contribution in [0.3, 0.4) is 0 Å². The molecule has 0 saturated heterocycles. The summed E-state index contributed by atoms with van der Waals surface area (Å²) in [7, 11) is 0. The summed E-state index contributed by atoms with van der Waals surface area (Å²) in [5, 5.41) is 4.60. The maximum absolute atomic E-state index is 5.69. The third-order valence-electron chi connectivity index (χ3n) is 3.65. The van der Waals surface area contributed by atoms with Crippen LogP contribution in [-0.2, 0) is 0 Å². The van der Waals surface area contributed by atoms with Crippen molar-refractivity contribution in [2.24, 2.45) is 0 Å². The van der Waals surface area contributed by atoms with Gasteiger partial charge in [-0.05, 0) is 24.5 Å². The van der Waals surface area contributed by atoms with Crippen molar-refractivity contribution in [3.63, 3.8) is 0 Å². The average Bonchev–Trinajstić information content (AvgIpc) is 2.50. The fraction of sp³-hybridized carbons (Fsp3) is 0.471. The molecule has 3 rings (SSSR count). The molecule has 0 unspecified atom stereocenters. The van der Waals surface area contributed by atoms with Crippen molar-refractivity contribution in [1.29, 1.82) is 0 Å². The van der Waals surface area contributed by atoms with Gasteiger partial charge in [0.25, 0.3) is 0 Å². The molecule has 0 atom stereocenters. The minimum absolute atomic E-state index is 0.393. The van der Waals surface area contributed by atoms with Crippen LogP contribution >= 0.6 is 0 Å². The number of fused-ring (bicyclic) bond motifs is 2. The van der Waals surface area contributed by atoms with Gasteiger partial charge in [-0.1, -0.05) is 20.8 Å². The van der Waals surface area contributed by atoms with Crippen LogP contribution in [0.15, 0.2) is 18.2 Å². The molecule has 0 radical (unpaired) electrons. The second-order valence-corrected chi connectivity index (χ2v) is 5.69. The smallest absolute Gasteiger partial charge is 0.163 e. The van der Waals surface area contributed by atoms with Gasteiger partial charge in [-0.2, -0.15) is 0 Å². The summed E-state index contributed by atoms with van der Waals surface area (Å²) in [6, 6.07) is 6.19. The molecule has 21 heavy (non-hydrogen) atoms. The Labute approximate surface area is 125 Å². The Morgan fingerprint density at radius 2 is 1.86 bits per heavy atom. The van der Waals surface area contributed by atoms with E-state index < -0.39 is 0 Å². The quantitative estimate of drug-likeness (QED) is 0.924. The number of nitrogens with one attached hydrogen (secondary N) is 1. The summed E-state index contributed by atoms with van der Waals surface area (Å²) in [5.41, 5.74) is 3.18. The lowest BCUT2D eigenvalue weighted by Gasteiger charge is -2.20. The number of nitrogens with zero attached hydrogens (tertiary/aromatic N) is 1. The van der Waals surface area contributed by atoms with Crippen LogP contribution in [0.5, 0.6) is 11.5 Å². The van der Waals surface area contributed by atoms with Crippen molar-refractivity contribution in [3.8, 4) is 11.5 Å². The van der Waals surface area contributed by atoms with Crippen molar-refractivity contribution < 1.29 is 9.47 Å². The fourth-order valence-corrected chi connectivity index (χ4v) is 2.48. The summed E-state index contributed by atoms with van der Waals surface area (Å²) < 4.78 is 11.4. The van der Waals surface area contributed by atoms with Gasteiger partial charge in [0, 0.05) is 29.4 Å². The molecule has 0 bridgehead atoms. The van der Waals surface area contributed by atoms with Gasteiger partial charge in [0.1, 0.15) is 13.2 Å². The molecule has 4 nitrogen and oxygen atoms in total. The minimum atomic E-state index is 0.393. The van der Waals surface area contributed by atoms with E-state index in [9.17, 15) is 0 Å². The molecule has 2 aromatic rings. The molecule has 2 heterocycles. The minimum Gasteiger partial charge on any atom is -0.486 e. The number of hydrogen-bond acceptors (Lipinski definition) is 4. The number of ether oxygens (including phenoxy) is 2. The standard InChI is InChI=1S/C17H22N2O2/c1-4-5-18-14-9-13(11(2)3)19-15-10-17-16(8-12(14)15)20-6-7-21-17/h8-11H,4-7H2,1-3H3,(H,18,19). The summed E-state index contributed by atoms with van der Waals surface area (Å²) in [6.45, 7) is 8.65. The van der Waals surface area contributed by atoms with Crippen LogP contribution in [0.25, 0.3) is 10.9 Å². The van der Waals surface area contributed by atoms with Crippen molar-refractivity contribution in [3.05, 3.63) is 23.9 Å². The average molecular weight is 286 g/mol. The second-order valence-electron chi connectivity index (χ2n) is 5.69. The van der Waals surface area contributed by atoms with Crippen molar-refractivity contribution >= 4 is 16.6 Å². The van der Waals surface area contributed by atoms with Gasteiger partial charge >= 0.3 is 0 Å². The molecule has 1 aromatic carbocycles. The maximum atomic E-state index is 5.69. The molecule has 1 aliphatic heterocycles. The third-order valence-corrected chi connectivity index (χ3v) is 3.65. The summed E-state index contributed by atoms with van der Waals surface area (Å²) in [6.07, 6.45) is 1.09. The first-order valence-electron chi connectivity index (χ1n) is 7.67. The Hall–Kier alpha value is -1.97. The number of hydrogen-bond donors (Lipinski definition) is 1. The van der Waals surface area contributed by atoms with Crippen LogP contribution in [-0.4, -0.2) is 24.7 Å². The van der Waals surface area contributed by atoms with E-state index in [0.717, 1.165) is 46.7 Å². The van der Waals surface area contributed by atoms with Crippen LogP contribution < -0.4 is 14.8 Å². The molecule has 0 spiro atoms. The highest BCUT2D eigenvalue weighted by Crippen LogP contribution is 2.37. The number of benzene rings is 1. The highest BCUT2D eigenvalue weighted by Gasteiger charge is 2.16. The van der Waals surface area contributed by atoms with Crippen molar-refractivity contribution in [2.45, 2.75) is 33.1 Å². The number of anilines is 1. The zero-order valence-corrected chi connectivity index (χ0v) is 12.9. The zero-order valence-electron chi connectivity index (χ0n) is 12.9. The largest absolute Gasteiger partial charge is 0.486 e. The number of aromatic nitrogens is 1. The molecular formula is C17H22N2O2. The first-order valence-corrected chi connectivity index (χ1v) is 7.67. The Morgan fingerprint density at radius 3 is 2.52 bits per heavy atom. The highest BCUT2D eigenvalue weighted by molar-refractivity contribution is 5.94. The molecular weight excluding hydrogens is 264 g/mol. The van der Waals surface area contributed by atoms with E-state index in [2.05, 4.69) is 32.2 Å². The lowest BCUT2D eigenvalue weighted by atomic mass is 10.1. The van der Waals surface area contributed by atoms with Crippen LogP contribution in [0.4, 0.5) is 5.69 Å². The van der Waals surface area contributed by atoms with E-state index in [1.54, 1.807) is 0 Å². The fourth-order valence-electron chi connectivity index (χ4n) is 2.48. The molecule has 0 aliphatic carbocycles. The Morgan fingerprint density at radius 1 is 1.14 bits per heavy atom. The predicted octanol–water partition coefficient (Wildman–Crippen LogP) is 3.95. The lowest BCUT2D eigenvalue weighted by molar-refractivity contribution is 0.172. The predicted molar refractivity (Wildman–Crippen MR) is 85.6 cm³/mol. The SMILES string of the molecule is CCCNc1cc(C(C)C)nc2cc3c(cc12)OCCO3. The van der Waals surface area contributed by atoms with Crippen LogP contribution in [0.1, 0.15) is 38.8 Å². The van der Waals surface area contributed by atoms with E-state index in [4.69, 9.17) is 14.5 Å². The maximum Gasteiger partial charge on any atom is 0.163 e. The van der Waals surface area contributed by atoms with Gasteiger partial charge in [-0.3, -0.25) is 4.98 Å². The zero-order chi connectivity index (χ0) is 14.8. The van der Waals surface area contributed by atoms with Gasteiger partial charge in [0.2, 0.25) is 0 Å². The van der Waals surface area contributed by atoms with E-state index in [1.807, 2.05) is 12.1 Å². The van der Waals surface area contributed by atoms with Gasteiger partial charge in [0.15, 0.2) is 11.5 Å². The number of pyridine rings is 1. The normalized spacial score (nSPS) is 13.7. The highest BCUT2D eigenvalue weighted by atomic mass is 16.6. The molecule has 1 aliphatic rings. The van der Waals surface area contributed by atoms with Crippen LogP contribution in [0.2, 0.25) is 0 Å². The summed E-state index contributed by atoms with van der Waals surface area (Å²) in [5.74, 6) is 2.00. The Bertz CT molecular complexity index is 653. The number of rotatable bonds is 4. The molecule has 0 saturated carbocycles. The second kappa shape index (κ2) is 5.80. The molecule has 4 heteroatoms.